The SMILES string of the molecule is C[C@@H]1CC[C@@H](C(=O)Nc2cccc(Br)n2)N1C(=O)Cn1c2cc(F)ccc2c2c(N)ncnc21. The molecule has 1 fully saturated rings. The van der Waals surface area contributed by atoms with Gasteiger partial charge in [-0.1, -0.05) is 6.07 Å². The molecular weight excluding hydrogens is 505 g/mol. The summed E-state index contributed by atoms with van der Waals surface area (Å²) in [6, 6.07) is 8.71. The van der Waals surface area contributed by atoms with Gasteiger partial charge in [0.1, 0.15) is 46.6 Å². The maximum atomic E-state index is 14.1. The van der Waals surface area contributed by atoms with Crippen LogP contribution < -0.4 is 11.1 Å². The number of rotatable bonds is 4. The molecule has 0 saturated carbocycles. The van der Waals surface area contributed by atoms with Crippen molar-refractivity contribution < 1.29 is 14.0 Å². The summed E-state index contributed by atoms with van der Waals surface area (Å²) in [6.45, 7) is 1.79. The number of carbonyl (C=O) groups excluding carboxylic acids is 2. The number of nitrogens with zero attached hydrogens (tertiary/aromatic N) is 5. The van der Waals surface area contributed by atoms with E-state index < -0.39 is 11.9 Å². The molecule has 0 aliphatic carbocycles. The second-order valence-electron chi connectivity index (χ2n) is 8.28. The molecule has 1 aliphatic rings. The van der Waals surface area contributed by atoms with Gasteiger partial charge in [0.2, 0.25) is 11.8 Å². The number of halogens is 2. The highest BCUT2D eigenvalue weighted by Crippen LogP contribution is 2.32. The zero-order chi connectivity index (χ0) is 24.0. The lowest BCUT2D eigenvalue weighted by Gasteiger charge is -2.28. The van der Waals surface area contributed by atoms with Crippen molar-refractivity contribution in [3.05, 3.63) is 53.1 Å². The van der Waals surface area contributed by atoms with Crippen LogP contribution in [0.25, 0.3) is 21.9 Å². The average Bonchev–Trinajstić information content (AvgIpc) is 3.33. The van der Waals surface area contributed by atoms with Gasteiger partial charge in [0.15, 0.2) is 0 Å². The first kappa shape index (κ1) is 22.2. The Bertz CT molecular complexity index is 1440. The van der Waals surface area contributed by atoms with E-state index >= 15 is 0 Å². The van der Waals surface area contributed by atoms with Crippen LogP contribution in [0.3, 0.4) is 0 Å². The van der Waals surface area contributed by atoms with Crippen LogP contribution in [0.2, 0.25) is 0 Å². The quantitative estimate of drug-likeness (QED) is 0.393. The number of aromatic nitrogens is 4. The van der Waals surface area contributed by atoms with Crippen molar-refractivity contribution in [1.29, 1.82) is 0 Å². The van der Waals surface area contributed by atoms with Crippen LogP contribution in [0.15, 0.2) is 47.3 Å². The average molecular weight is 526 g/mol. The standard InChI is InChI=1S/C23H21BrFN7O2/c1-12-5-8-15(23(34)30-18-4-2-3-17(24)29-18)32(12)19(33)10-31-16-9-13(25)6-7-14(16)20-21(26)27-11-28-22(20)31/h2-4,6-7,9,11-12,15H,5,8,10H2,1H3,(H2,26,27,28)(H,29,30,34)/t12-,15+/m1/s1. The molecule has 2 amide bonds. The van der Waals surface area contributed by atoms with Crippen molar-refractivity contribution in [2.75, 3.05) is 11.1 Å². The van der Waals surface area contributed by atoms with E-state index in [1.165, 1.54) is 18.5 Å². The van der Waals surface area contributed by atoms with Gasteiger partial charge >= 0.3 is 0 Å². The van der Waals surface area contributed by atoms with Gasteiger partial charge in [0, 0.05) is 11.4 Å². The fraction of sp³-hybridized carbons (Fsp3) is 0.261. The fourth-order valence-corrected chi connectivity index (χ4v) is 4.98. The summed E-state index contributed by atoms with van der Waals surface area (Å²) in [6.07, 6.45) is 2.53. The number of amides is 2. The summed E-state index contributed by atoms with van der Waals surface area (Å²) in [5.74, 6) is -0.364. The largest absolute Gasteiger partial charge is 0.383 e. The Hall–Kier alpha value is -3.60. The molecule has 34 heavy (non-hydrogen) atoms. The zero-order valence-electron chi connectivity index (χ0n) is 18.2. The Kier molecular flexibility index (Phi) is 5.64. The van der Waals surface area contributed by atoms with Gasteiger partial charge in [-0.25, -0.2) is 19.3 Å². The molecule has 0 unspecified atom stereocenters. The van der Waals surface area contributed by atoms with Gasteiger partial charge in [-0.3, -0.25) is 9.59 Å². The Morgan fingerprint density at radius 3 is 2.85 bits per heavy atom. The Balaban J connectivity index is 1.47. The molecule has 0 radical (unpaired) electrons. The van der Waals surface area contributed by atoms with Gasteiger partial charge < -0.3 is 20.5 Å². The van der Waals surface area contributed by atoms with Crippen LogP contribution in [0.5, 0.6) is 0 Å². The molecule has 9 nitrogen and oxygen atoms in total. The minimum Gasteiger partial charge on any atom is -0.383 e. The predicted octanol–water partition coefficient (Wildman–Crippen LogP) is 3.48. The minimum absolute atomic E-state index is 0.122. The lowest BCUT2D eigenvalue weighted by Crippen LogP contribution is -2.47. The number of carbonyl (C=O) groups is 2. The number of hydrogen-bond donors (Lipinski definition) is 2. The molecule has 3 N–H and O–H groups in total. The van der Waals surface area contributed by atoms with Crippen molar-refractivity contribution in [3.63, 3.8) is 0 Å². The first-order chi connectivity index (χ1) is 16.3. The van der Waals surface area contributed by atoms with Crippen molar-refractivity contribution in [2.45, 2.75) is 38.4 Å². The second-order valence-corrected chi connectivity index (χ2v) is 9.10. The number of fused-ring (bicyclic) bond motifs is 3. The van der Waals surface area contributed by atoms with Gasteiger partial charge in [0.05, 0.1) is 10.9 Å². The summed E-state index contributed by atoms with van der Waals surface area (Å²) in [7, 11) is 0. The van der Waals surface area contributed by atoms with Gasteiger partial charge in [0.25, 0.3) is 0 Å². The topological polar surface area (TPSA) is 119 Å². The number of anilines is 2. The zero-order valence-corrected chi connectivity index (χ0v) is 19.8. The van der Waals surface area contributed by atoms with E-state index in [9.17, 15) is 14.0 Å². The Morgan fingerprint density at radius 2 is 2.06 bits per heavy atom. The second kappa shape index (κ2) is 8.64. The highest BCUT2D eigenvalue weighted by Gasteiger charge is 2.39. The maximum Gasteiger partial charge on any atom is 0.248 e. The number of hydrogen-bond acceptors (Lipinski definition) is 6. The van der Waals surface area contributed by atoms with Gasteiger partial charge in [-0.05, 0) is 66.0 Å². The molecule has 1 aromatic carbocycles. The van der Waals surface area contributed by atoms with Gasteiger partial charge in [-0.15, -0.1) is 0 Å². The predicted molar refractivity (Wildman–Crippen MR) is 129 cm³/mol. The molecule has 4 aromatic rings. The van der Waals surface area contributed by atoms with E-state index in [1.807, 2.05) is 6.92 Å². The Morgan fingerprint density at radius 1 is 1.24 bits per heavy atom. The first-order valence-electron chi connectivity index (χ1n) is 10.8. The van der Waals surface area contributed by atoms with Crippen molar-refractivity contribution >= 4 is 61.3 Å². The summed E-state index contributed by atoms with van der Waals surface area (Å²) in [4.78, 5) is 40.8. The summed E-state index contributed by atoms with van der Waals surface area (Å²) in [5, 5.41) is 4.02. The van der Waals surface area contributed by atoms with Crippen molar-refractivity contribution in [2.24, 2.45) is 0 Å². The van der Waals surface area contributed by atoms with Crippen LogP contribution >= 0.6 is 15.9 Å². The van der Waals surface area contributed by atoms with Crippen LogP contribution in [0.4, 0.5) is 16.0 Å². The smallest absolute Gasteiger partial charge is 0.248 e. The molecule has 11 heteroatoms. The summed E-state index contributed by atoms with van der Waals surface area (Å²) >= 11 is 3.29. The molecule has 0 bridgehead atoms. The third-order valence-corrected chi connectivity index (χ3v) is 6.59. The first-order valence-corrected chi connectivity index (χ1v) is 11.6. The van der Waals surface area contributed by atoms with Crippen LogP contribution in [-0.2, 0) is 16.1 Å². The highest BCUT2D eigenvalue weighted by molar-refractivity contribution is 9.10. The number of pyridine rings is 1. The van der Waals surface area contributed by atoms with Crippen LogP contribution in [-0.4, -0.2) is 48.3 Å². The molecular formula is C23H21BrFN7O2. The molecule has 1 saturated heterocycles. The number of benzene rings is 1. The van der Waals surface area contributed by atoms with Crippen molar-refractivity contribution in [3.8, 4) is 0 Å². The summed E-state index contributed by atoms with van der Waals surface area (Å²) < 4.78 is 16.3. The molecule has 4 heterocycles. The summed E-state index contributed by atoms with van der Waals surface area (Å²) in [5.41, 5.74) is 7.00. The highest BCUT2D eigenvalue weighted by atomic mass is 79.9. The third kappa shape index (κ3) is 3.85. The van der Waals surface area contributed by atoms with Gasteiger partial charge in [-0.2, -0.15) is 0 Å². The molecule has 1 aliphatic heterocycles. The lowest BCUT2D eigenvalue weighted by molar-refractivity contribution is -0.138. The normalized spacial score (nSPS) is 18.0. The molecule has 2 atom stereocenters. The third-order valence-electron chi connectivity index (χ3n) is 6.15. The molecule has 174 valence electrons. The van der Waals surface area contributed by atoms with E-state index in [1.54, 1.807) is 33.7 Å². The van der Waals surface area contributed by atoms with E-state index in [0.29, 0.717) is 45.2 Å². The van der Waals surface area contributed by atoms with Crippen LogP contribution in [0.1, 0.15) is 19.8 Å². The monoisotopic (exact) mass is 525 g/mol. The number of likely N-dealkylation sites (tertiary alicyclic amines) is 1. The Labute approximate surface area is 202 Å². The van der Waals surface area contributed by atoms with E-state index in [4.69, 9.17) is 5.73 Å². The van der Waals surface area contributed by atoms with E-state index in [-0.39, 0.29) is 30.2 Å². The molecule has 0 spiro atoms. The maximum absolute atomic E-state index is 14.1. The minimum atomic E-state index is -0.646. The molecule has 3 aromatic heterocycles. The number of nitrogens with one attached hydrogen (secondary N) is 1. The van der Waals surface area contributed by atoms with Crippen LogP contribution in [0, 0.1) is 5.82 Å². The lowest BCUT2D eigenvalue weighted by atomic mass is 10.2. The number of nitrogen functional groups attached to an aromatic ring is 1. The fourth-order valence-electron chi connectivity index (χ4n) is 4.63. The van der Waals surface area contributed by atoms with E-state index in [0.717, 1.165) is 0 Å². The van der Waals surface area contributed by atoms with Crippen molar-refractivity contribution in [1.82, 2.24) is 24.4 Å². The number of nitrogens with two attached hydrogens (primary N) is 1. The molecule has 5 rings (SSSR count). The van der Waals surface area contributed by atoms with E-state index in [2.05, 4.69) is 36.2 Å².